The zero-order valence-corrected chi connectivity index (χ0v) is 27.5. The van der Waals surface area contributed by atoms with Crippen LogP contribution in [0.4, 0.5) is 0 Å². The number of esters is 1. The Morgan fingerprint density at radius 1 is 0.857 bits per heavy atom. The van der Waals surface area contributed by atoms with Crippen molar-refractivity contribution in [3.8, 4) is 5.75 Å². The van der Waals surface area contributed by atoms with Gasteiger partial charge in [0, 0.05) is 11.5 Å². The number of hydrogen-bond donors (Lipinski definition) is 1. The van der Waals surface area contributed by atoms with Gasteiger partial charge in [-0.25, -0.2) is 4.79 Å². The molecule has 0 amide bonds. The Hall–Kier alpha value is -2.03. The number of phenols is 1. The van der Waals surface area contributed by atoms with E-state index in [1.54, 1.807) is 24.3 Å². The van der Waals surface area contributed by atoms with Crippen molar-refractivity contribution >= 4 is 12.0 Å². The minimum atomic E-state index is -0.257. The summed E-state index contributed by atoms with van der Waals surface area (Å²) in [6.07, 6.45) is 16.2. The van der Waals surface area contributed by atoms with Gasteiger partial charge in [0.15, 0.2) is 0 Å². The molecule has 5 fully saturated rings. The molecule has 42 heavy (non-hydrogen) atoms. The third-order valence-corrected chi connectivity index (χ3v) is 15.0. The molecule has 6 rings (SSSR count). The van der Waals surface area contributed by atoms with E-state index in [4.69, 9.17) is 4.74 Å². The highest BCUT2D eigenvalue weighted by molar-refractivity contribution is 5.87. The predicted molar refractivity (Wildman–Crippen MR) is 172 cm³/mol. The standard InChI is InChI=1S/C39H56O3/c1-25(2)28-17-20-36(5)23-24-38(7)29(34(28)36)14-15-31-37(6)21-19-32(35(3,4)30(37)18-22-39(31,38)8)42-33(41)16-11-26-9-12-27(40)13-10-26/h9-13,16,28-32,34,40H,1,14-15,17-24H2,2-8H3. The summed E-state index contributed by atoms with van der Waals surface area (Å²) in [5.74, 6) is 3.57. The molecule has 3 heteroatoms. The SMILES string of the molecule is C=C(C)C1CCC2(C)CCC3(C)C(CCC4C5(C)CCC(OC(=O)C=Cc6ccc(O)cc6)C(C)(C)C5CCC43C)C12. The summed E-state index contributed by atoms with van der Waals surface area (Å²) >= 11 is 0. The van der Waals surface area contributed by atoms with E-state index >= 15 is 0 Å². The van der Waals surface area contributed by atoms with Gasteiger partial charge < -0.3 is 9.84 Å². The number of rotatable bonds is 4. The highest BCUT2D eigenvalue weighted by Crippen LogP contribution is 2.77. The molecule has 5 saturated carbocycles. The molecule has 0 aliphatic heterocycles. The van der Waals surface area contributed by atoms with Crippen molar-refractivity contribution in [1.82, 2.24) is 0 Å². The van der Waals surface area contributed by atoms with Crippen LogP contribution in [0, 0.1) is 56.7 Å². The van der Waals surface area contributed by atoms with Crippen molar-refractivity contribution in [2.75, 3.05) is 0 Å². The second-order valence-corrected chi connectivity index (χ2v) is 17.1. The smallest absolute Gasteiger partial charge is 0.331 e. The van der Waals surface area contributed by atoms with Crippen molar-refractivity contribution in [3.63, 3.8) is 0 Å². The second kappa shape index (κ2) is 10.00. The second-order valence-electron chi connectivity index (χ2n) is 17.1. The molecule has 1 aromatic rings. The van der Waals surface area contributed by atoms with Crippen LogP contribution in [0.5, 0.6) is 5.75 Å². The van der Waals surface area contributed by atoms with Crippen LogP contribution in [0.1, 0.15) is 118 Å². The summed E-state index contributed by atoms with van der Waals surface area (Å²) in [7, 11) is 0. The van der Waals surface area contributed by atoms with E-state index in [-0.39, 0.29) is 28.7 Å². The summed E-state index contributed by atoms with van der Waals surface area (Å²) in [5.41, 5.74) is 3.78. The Kier molecular flexibility index (Phi) is 7.14. The van der Waals surface area contributed by atoms with Gasteiger partial charge >= 0.3 is 5.97 Å². The Bertz CT molecular complexity index is 1260. The molecular weight excluding hydrogens is 516 g/mol. The lowest BCUT2D eigenvalue weighted by atomic mass is 9.32. The first-order valence-electron chi connectivity index (χ1n) is 17.0. The zero-order chi connectivity index (χ0) is 30.3. The minimum Gasteiger partial charge on any atom is -0.508 e. The minimum absolute atomic E-state index is 0.0598. The maximum atomic E-state index is 13.0. The molecule has 3 nitrogen and oxygen atoms in total. The summed E-state index contributed by atoms with van der Waals surface area (Å²) in [5, 5.41) is 9.54. The number of ether oxygens (including phenoxy) is 1. The summed E-state index contributed by atoms with van der Waals surface area (Å²) in [6, 6.07) is 6.89. The van der Waals surface area contributed by atoms with Gasteiger partial charge in [0.1, 0.15) is 11.9 Å². The van der Waals surface area contributed by atoms with E-state index in [0.29, 0.717) is 28.1 Å². The van der Waals surface area contributed by atoms with Gasteiger partial charge in [-0.3, -0.25) is 0 Å². The van der Waals surface area contributed by atoms with E-state index in [2.05, 4.69) is 55.0 Å². The molecule has 1 N–H and O–H groups in total. The van der Waals surface area contributed by atoms with Crippen molar-refractivity contribution in [1.29, 1.82) is 0 Å². The lowest BCUT2D eigenvalue weighted by Gasteiger charge is -2.73. The fraction of sp³-hybridized carbons (Fsp3) is 0.718. The Morgan fingerprint density at radius 2 is 1.57 bits per heavy atom. The maximum absolute atomic E-state index is 13.0. The van der Waals surface area contributed by atoms with E-state index in [0.717, 1.165) is 36.2 Å². The highest BCUT2D eigenvalue weighted by Gasteiger charge is 2.70. The Balaban J connectivity index is 1.22. The number of hydrogen-bond acceptors (Lipinski definition) is 3. The van der Waals surface area contributed by atoms with Crippen molar-refractivity contribution in [2.45, 2.75) is 119 Å². The van der Waals surface area contributed by atoms with Gasteiger partial charge in [-0.05, 0) is 146 Å². The molecule has 5 aliphatic rings. The van der Waals surface area contributed by atoms with Gasteiger partial charge in [-0.2, -0.15) is 0 Å². The molecule has 230 valence electrons. The molecule has 5 aliphatic carbocycles. The van der Waals surface area contributed by atoms with E-state index in [1.165, 1.54) is 56.9 Å². The largest absolute Gasteiger partial charge is 0.508 e. The van der Waals surface area contributed by atoms with Crippen LogP contribution in [0.15, 0.2) is 42.5 Å². The third kappa shape index (κ3) is 4.29. The fourth-order valence-corrected chi connectivity index (χ4v) is 12.6. The van der Waals surface area contributed by atoms with Crippen LogP contribution in [0.2, 0.25) is 0 Å². The van der Waals surface area contributed by atoms with Gasteiger partial charge in [0.25, 0.3) is 0 Å². The van der Waals surface area contributed by atoms with Crippen LogP contribution in [-0.4, -0.2) is 17.2 Å². The van der Waals surface area contributed by atoms with Gasteiger partial charge in [-0.1, -0.05) is 65.8 Å². The Morgan fingerprint density at radius 3 is 2.26 bits per heavy atom. The van der Waals surface area contributed by atoms with Crippen LogP contribution in [0.3, 0.4) is 0 Å². The third-order valence-electron chi connectivity index (χ3n) is 15.0. The first kappa shape index (κ1) is 30.0. The number of phenolic OH excluding ortho intramolecular Hbond substituents is 1. The monoisotopic (exact) mass is 572 g/mol. The summed E-state index contributed by atoms with van der Waals surface area (Å²) in [6.45, 7) is 22.3. The fourth-order valence-electron chi connectivity index (χ4n) is 12.6. The first-order valence-corrected chi connectivity index (χ1v) is 17.0. The number of benzene rings is 1. The van der Waals surface area contributed by atoms with Crippen molar-refractivity contribution in [3.05, 3.63) is 48.1 Å². The number of allylic oxidation sites excluding steroid dienone is 1. The van der Waals surface area contributed by atoms with Crippen LogP contribution in [0.25, 0.3) is 6.08 Å². The topological polar surface area (TPSA) is 46.5 Å². The lowest BCUT2D eigenvalue weighted by molar-refractivity contribution is -0.248. The molecule has 0 saturated heterocycles. The van der Waals surface area contributed by atoms with Gasteiger partial charge in [-0.15, -0.1) is 0 Å². The van der Waals surface area contributed by atoms with E-state index in [1.807, 2.05) is 12.1 Å². The first-order chi connectivity index (χ1) is 19.7. The number of fused-ring (bicyclic) bond motifs is 7. The Labute approximate surface area is 255 Å². The molecular formula is C39H56O3. The van der Waals surface area contributed by atoms with E-state index in [9.17, 15) is 9.90 Å². The van der Waals surface area contributed by atoms with Crippen LogP contribution in [-0.2, 0) is 9.53 Å². The molecule has 1 aromatic carbocycles. The maximum Gasteiger partial charge on any atom is 0.331 e. The molecule has 0 spiro atoms. The number of carbonyl (C=O) groups is 1. The normalized spacial score (nSPS) is 45.8. The summed E-state index contributed by atoms with van der Waals surface area (Å²) in [4.78, 5) is 13.0. The lowest BCUT2D eigenvalue weighted by Crippen LogP contribution is -2.66. The van der Waals surface area contributed by atoms with Gasteiger partial charge in [0.2, 0.25) is 0 Å². The van der Waals surface area contributed by atoms with Crippen LogP contribution < -0.4 is 0 Å². The predicted octanol–water partition coefficient (Wildman–Crippen LogP) is 9.99. The molecule has 0 heterocycles. The zero-order valence-electron chi connectivity index (χ0n) is 27.5. The average Bonchev–Trinajstić information content (AvgIpc) is 3.28. The van der Waals surface area contributed by atoms with Crippen molar-refractivity contribution in [2.24, 2.45) is 56.7 Å². The number of aromatic hydroxyl groups is 1. The molecule has 0 bridgehead atoms. The molecule has 10 unspecified atom stereocenters. The quantitative estimate of drug-likeness (QED) is 0.222. The van der Waals surface area contributed by atoms with E-state index < -0.39 is 0 Å². The molecule has 10 atom stereocenters. The van der Waals surface area contributed by atoms with Gasteiger partial charge in [0.05, 0.1) is 0 Å². The highest BCUT2D eigenvalue weighted by atomic mass is 16.5. The van der Waals surface area contributed by atoms with Crippen molar-refractivity contribution < 1.29 is 14.6 Å². The molecule has 0 radical (unpaired) electrons. The average molecular weight is 573 g/mol. The van der Waals surface area contributed by atoms with Crippen LogP contribution >= 0.6 is 0 Å². The number of carbonyl (C=O) groups excluding carboxylic acids is 1. The summed E-state index contributed by atoms with van der Waals surface area (Å²) < 4.78 is 6.22. The molecule has 0 aromatic heterocycles.